The SMILES string of the molecule is COc1cccc(-c2ccc3c(c2)O[C@@H](CN(C)C)[C@@H](C)CN([C@H](C)CO)S3(=O)=O)c1. The number of fused-ring (bicyclic) bond motifs is 1. The molecule has 0 saturated heterocycles. The minimum absolute atomic E-state index is 0.0696. The molecule has 7 nitrogen and oxygen atoms in total. The van der Waals surface area contributed by atoms with E-state index in [1.165, 1.54) is 4.31 Å². The van der Waals surface area contributed by atoms with Crippen LogP contribution in [0.1, 0.15) is 13.8 Å². The summed E-state index contributed by atoms with van der Waals surface area (Å²) in [6.07, 6.45) is -0.210. The minimum Gasteiger partial charge on any atom is -0.497 e. The van der Waals surface area contributed by atoms with Crippen LogP contribution in [0.15, 0.2) is 47.4 Å². The molecule has 0 fully saturated rings. The predicted molar refractivity (Wildman–Crippen MR) is 121 cm³/mol. The first kappa shape index (κ1) is 23.5. The summed E-state index contributed by atoms with van der Waals surface area (Å²) in [5.74, 6) is 0.980. The van der Waals surface area contributed by atoms with E-state index in [0.29, 0.717) is 12.3 Å². The van der Waals surface area contributed by atoms with Crippen LogP contribution in [0.25, 0.3) is 11.1 Å². The van der Waals surface area contributed by atoms with Crippen LogP contribution in [-0.2, 0) is 10.0 Å². The third kappa shape index (κ3) is 5.03. The fourth-order valence-corrected chi connectivity index (χ4v) is 5.61. The van der Waals surface area contributed by atoms with E-state index in [0.717, 1.165) is 16.9 Å². The number of aliphatic hydroxyl groups is 1. The van der Waals surface area contributed by atoms with Crippen molar-refractivity contribution in [2.75, 3.05) is 40.9 Å². The van der Waals surface area contributed by atoms with Crippen molar-refractivity contribution in [1.82, 2.24) is 9.21 Å². The molecule has 0 bridgehead atoms. The molecule has 0 saturated carbocycles. The molecule has 3 atom stereocenters. The Kier molecular flexibility index (Phi) is 7.26. The van der Waals surface area contributed by atoms with Gasteiger partial charge in [-0.1, -0.05) is 25.1 Å². The number of nitrogens with zero attached hydrogens (tertiary/aromatic N) is 2. The number of sulfonamides is 1. The second-order valence-corrected chi connectivity index (χ2v) is 10.3. The summed E-state index contributed by atoms with van der Waals surface area (Å²) < 4.78 is 40.1. The maximum Gasteiger partial charge on any atom is 0.247 e. The van der Waals surface area contributed by atoms with E-state index in [4.69, 9.17) is 9.47 Å². The summed E-state index contributed by atoms with van der Waals surface area (Å²) in [4.78, 5) is 2.15. The van der Waals surface area contributed by atoms with E-state index < -0.39 is 16.1 Å². The predicted octanol–water partition coefficient (Wildman–Crippen LogP) is 2.69. The van der Waals surface area contributed by atoms with E-state index in [2.05, 4.69) is 0 Å². The van der Waals surface area contributed by atoms with Crippen molar-refractivity contribution in [3.63, 3.8) is 0 Å². The van der Waals surface area contributed by atoms with Crippen LogP contribution >= 0.6 is 0 Å². The number of ether oxygens (including phenoxy) is 2. The van der Waals surface area contributed by atoms with Crippen molar-refractivity contribution in [3.8, 4) is 22.6 Å². The largest absolute Gasteiger partial charge is 0.497 e. The molecule has 8 heteroatoms. The first-order valence-corrected chi connectivity index (χ1v) is 11.8. The number of aliphatic hydroxyl groups excluding tert-OH is 1. The van der Waals surface area contributed by atoms with Gasteiger partial charge >= 0.3 is 0 Å². The average Bonchev–Trinajstić information content (AvgIpc) is 2.75. The molecule has 0 amide bonds. The van der Waals surface area contributed by atoms with Crippen LogP contribution in [-0.4, -0.2) is 75.8 Å². The summed E-state index contributed by atoms with van der Waals surface area (Å²) in [5.41, 5.74) is 1.74. The summed E-state index contributed by atoms with van der Waals surface area (Å²) in [6, 6.07) is 12.2. The molecule has 2 aromatic rings. The van der Waals surface area contributed by atoms with Crippen LogP contribution in [0, 0.1) is 5.92 Å². The molecule has 31 heavy (non-hydrogen) atoms. The minimum atomic E-state index is -3.84. The molecule has 0 unspecified atom stereocenters. The molecule has 0 radical (unpaired) electrons. The molecule has 1 N–H and O–H groups in total. The summed E-state index contributed by atoms with van der Waals surface area (Å²) in [5, 5.41) is 9.71. The average molecular weight is 449 g/mol. The Labute approximate surface area is 185 Å². The zero-order valence-corrected chi connectivity index (χ0v) is 19.6. The molecule has 0 aliphatic carbocycles. The van der Waals surface area contributed by atoms with Crippen molar-refractivity contribution in [2.45, 2.75) is 30.9 Å². The van der Waals surface area contributed by atoms with Crippen molar-refractivity contribution in [3.05, 3.63) is 42.5 Å². The highest BCUT2D eigenvalue weighted by Gasteiger charge is 2.37. The van der Waals surface area contributed by atoms with Crippen LogP contribution in [0.5, 0.6) is 11.5 Å². The third-order valence-corrected chi connectivity index (χ3v) is 7.63. The number of rotatable bonds is 6. The summed E-state index contributed by atoms with van der Waals surface area (Å²) in [6.45, 7) is 4.38. The number of hydrogen-bond acceptors (Lipinski definition) is 6. The third-order valence-electron chi connectivity index (χ3n) is 5.62. The first-order chi connectivity index (χ1) is 14.7. The van der Waals surface area contributed by atoms with Gasteiger partial charge in [-0.2, -0.15) is 4.31 Å². The fourth-order valence-electron chi connectivity index (χ4n) is 3.79. The van der Waals surface area contributed by atoms with Crippen molar-refractivity contribution < 1.29 is 23.0 Å². The highest BCUT2D eigenvalue weighted by Crippen LogP contribution is 2.37. The molecule has 1 aliphatic heterocycles. The molecular weight excluding hydrogens is 416 g/mol. The van der Waals surface area contributed by atoms with Gasteiger partial charge in [0.05, 0.1) is 13.7 Å². The van der Waals surface area contributed by atoms with Crippen LogP contribution in [0.2, 0.25) is 0 Å². The molecule has 2 aromatic carbocycles. The Morgan fingerprint density at radius 1 is 1.23 bits per heavy atom. The Bertz CT molecular complexity index is 1010. The van der Waals surface area contributed by atoms with Crippen molar-refractivity contribution in [1.29, 1.82) is 0 Å². The van der Waals surface area contributed by atoms with Gasteiger partial charge in [0.15, 0.2) is 0 Å². The van der Waals surface area contributed by atoms with E-state index >= 15 is 0 Å². The standard InChI is InChI=1S/C23H32N2O5S/c1-16-13-25(17(2)15-26)31(27,28)23-10-9-19(18-7-6-8-20(11-18)29-5)12-21(23)30-22(16)14-24(3)4/h6-12,16-17,22,26H,13-15H2,1-5H3/t16-,17+,22-/m0/s1. The monoisotopic (exact) mass is 448 g/mol. The zero-order chi connectivity index (χ0) is 22.8. The Hall–Kier alpha value is -2.13. The van der Waals surface area contributed by atoms with Gasteiger partial charge in [-0.3, -0.25) is 0 Å². The lowest BCUT2D eigenvalue weighted by Crippen LogP contribution is -2.49. The first-order valence-electron chi connectivity index (χ1n) is 10.4. The van der Waals surface area contributed by atoms with Gasteiger partial charge < -0.3 is 19.5 Å². The van der Waals surface area contributed by atoms with Gasteiger partial charge in [0.1, 0.15) is 22.5 Å². The highest BCUT2D eigenvalue weighted by atomic mass is 32.2. The maximum absolute atomic E-state index is 13.5. The Morgan fingerprint density at radius 3 is 2.58 bits per heavy atom. The molecule has 3 rings (SSSR count). The van der Waals surface area contributed by atoms with Gasteiger partial charge in [-0.15, -0.1) is 0 Å². The zero-order valence-electron chi connectivity index (χ0n) is 18.8. The molecule has 0 spiro atoms. The van der Waals surface area contributed by atoms with Gasteiger partial charge in [0.25, 0.3) is 0 Å². The lowest BCUT2D eigenvalue weighted by Gasteiger charge is -2.37. The molecule has 1 heterocycles. The fraction of sp³-hybridized carbons (Fsp3) is 0.478. The van der Waals surface area contributed by atoms with Gasteiger partial charge in [0.2, 0.25) is 10.0 Å². The number of benzene rings is 2. The normalized spacial score (nSPS) is 22.2. The lowest BCUT2D eigenvalue weighted by molar-refractivity contribution is 0.0813. The van der Waals surface area contributed by atoms with E-state index in [-0.39, 0.29) is 30.1 Å². The summed E-state index contributed by atoms with van der Waals surface area (Å²) in [7, 11) is 1.70. The van der Waals surface area contributed by atoms with E-state index in [1.807, 2.05) is 50.2 Å². The second-order valence-electron chi connectivity index (χ2n) is 8.40. The number of methoxy groups -OCH3 is 1. The van der Waals surface area contributed by atoms with Gasteiger partial charge in [-0.05, 0) is 56.4 Å². The highest BCUT2D eigenvalue weighted by molar-refractivity contribution is 7.89. The lowest BCUT2D eigenvalue weighted by atomic mass is 10.0. The quantitative estimate of drug-likeness (QED) is 0.732. The second kappa shape index (κ2) is 9.56. The van der Waals surface area contributed by atoms with E-state index in [9.17, 15) is 13.5 Å². The Morgan fingerprint density at radius 2 is 1.94 bits per heavy atom. The maximum atomic E-state index is 13.5. The molecule has 170 valence electrons. The van der Waals surface area contributed by atoms with Crippen molar-refractivity contribution in [2.24, 2.45) is 5.92 Å². The molecular formula is C23H32N2O5S. The van der Waals surface area contributed by atoms with Crippen LogP contribution < -0.4 is 9.47 Å². The number of likely N-dealkylation sites (N-methyl/N-ethyl adjacent to an activating group) is 1. The van der Waals surface area contributed by atoms with Gasteiger partial charge in [-0.25, -0.2) is 8.42 Å². The van der Waals surface area contributed by atoms with E-state index in [1.54, 1.807) is 32.2 Å². The molecule has 1 aliphatic rings. The molecule has 0 aromatic heterocycles. The van der Waals surface area contributed by atoms with Gasteiger partial charge in [0, 0.05) is 25.0 Å². The van der Waals surface area contributed by atoms with Crippen LogP contribution in [0.4, 0.5) is 0 Å². The number of hydrogen-bond donors (Lipinski definition) is 1. The van der Waals surface area contributed by atoms with Crippen molar-refractivity contribution >= 4 is 10.0 Å². The Balaban J connectivity index is 2.15. The van der Waals surface area contributed by atoms with Crippen LogP contribution in [0.3, 0.4) is 0 Å². The topological polar surface area (TPSA) is 79.3 Å². The summed E-state index contributed by atoms with van der Waals surface area (Å²) >= 11 is 0. The smallest absolute Gasteiger partial charge is 0.247 e.